The second kappa shape index (κ2) is 78.9. The Morgan fingerprint density at radius 3 is 1.41 bits per heavy atom. The van der Waals surface area contributed by atoms with Gasteiger partial charge in [-0.15, -0.1) is 19.7 Å². The van der Waals surface area contributed by atoms with Crippen LogP contribution in [0.1, 0.15) is 223 Å². The topological polar surface area (TPSA) is 61.8 Å². The van der Waals surface area contributed by atoms with Crippen LogP contribution >= 0.6 is 0 Å². The lowest BCUT2D eigenvalue weighted by Gasteiger charge is -2.30. The normalized spacial score (nSPS) is 10.7. The van der Waals surface area contributed by atoms with Crippen LogP contribution in [0, 0.1) is 11.8 Å². The smallest absolute Gasteiger partial charge is 0.333 e. The Morgan fingerprint density at radius 2 is 1.10 bits per heavy atom. The Hall–Kier alpha value is -4.22. The molecule has 0 spiro atoms. The van der Waals surface area contributed by atoms with Crippen molar-refractivity contribution in [1.29, 1.82) is 0 Å². The molecular weight excluding hydrogens is 861 g/mol. The number of benzene rings is 1. The first kappa shape index (κ1) is 82.7. The molecular formula is C65H118O5. The van der Waals surface area contributed by atoms with Crippen molar-refractivity contribution in [1.82, 2.24) is 0 Å². The number of unbranched alkanes of at least 4 members (excludes halogenated alkanes) is 9. The molecule has 0 bridgehead atoms. The molecule has 0 amide bonds. The van der Waals surface area contributed by atoms with Crippen molar-refractivity contribution in [3.63, 3.8) is 0 Å². The van der Waals surface area contributed by atoms with E-state index in [4.69, 9.17) is 14.2 Å². The van der Waals surface area contributed by atoms with Crippen LogP contribution in [0.15, 0.2) is 137 Å². The minimum atomic E-state index is -0.323. The van der Waals surface area contributed by atoms with E-state index in [1.165, 1.54) is 70.3 Å². The molecule has 1 aliphatic rings. The molecule has 1 aliphatic carbocycles. The first-order valence-electron chi connectivity index (χ1n) is 27.0. The van der Waals surface area contributed by atoms with E-state index in [-0.39, 0.29) is 11.9 Å². The summed E-state index contributed by atoms with van der Waals surface area (Å²) in [5.74, 6) is 2.00. The summed E-state index contributed by atoms with van der Waals surface area (Å²) in [5.41, 5.74) is 3.68. The van der Waals surface area contributed by atoms with Gasteiger partial charge in [0.2, 0.25) is 0 Å². The first-order chi connectivity index (χ1) is 33.5. The van der Waals surface area contributed by atoms with Crippen LogP contribution in [-0.4, -0.2) is 38.9 Å². The molecule has 1 atom stereocenters. The largest absolute Gasteiger partial charge is 0.463 e. The molecule has 5 heteroatoms. The summed E-state index contributed by atoms with van der Waals surface area (Å²) in [7, 11) is 1.68. The number of allylic oxidation sites excluding steroid dienone is 8. The van der Waals surface area contributed by atoms with Crippen LogP contribution < -0.4 is 0 Å². The van der Waals surface area contributed by atoms with Crippen LogP contribution in [0.4, 0.5) is 0 Å². The Kier molecular flexibility index (Phi) is 93.2. The summed E-state index contributed by atoms with van der Waals surface area (Å²) in [6.07, 6.45) is 39.9. The van der Waals surface area contributed by atoms with E-state index in [2.05, 4.69) is 153 Å². The molecule has 0 saturated carbocycles. The first-order valence-corrected chi connectivity index (χ1v) is 27.0. The van der Waals surface area contributed by atoms with Gasteiger partial charge in [-0.1, -0.05) is 252 Å². The average Bonchev–Trinajstić information content (AvgIpc) is 3.34. The number of rotatable bonds is 25. The van der Waals surface area contributed by atoms with Crippen LogP contribution in [0.2, 0.25) is 0 Å². The van der Waals surface area contributed by atoms with E-state index < -0.39 is 0 Å². The van der Waals surface area contributed by atoms with E-state index in [0.29, 0.717) is 18.8 Å². The molecule has 0 N–H and O–H groups in total. The second-order valence-corrected chi connectivity index (χ2v) is 17.1. The monoisotopic (exact) mass is 979 g/mol. The number of hydrogen-bond acceptors (Lipinski definition) is 5. The highest BCUT2D eigenvalue weighted by Gasteiger charge is 2.24. The molecule has 0 aromatic heterocycles. The molecule has 1 aromatic carbocycles. The minimum absolute atomic E-state index is 0.277. The summed E-state index contributed by atoms with van der Waals surface area (Å²) >= 11 is 0. The molecule has 70 heavy (non-hydrogen) atoms. The molecule has 1 aromatic rings. The Bertz CT molecular complexity index is 1310. The van der Waals surface area contributed by atoms with Crippen LogP contribution in [0.3, 0.4) is 0 Å². The number of hydrogen-bond donors (Lipinski definition) is 0. The van der Waals surface area contributed by atoms with E-state index in [0.717, 1.165) is 75.7 Å². The molecule has 0 saturated heterocycles. The van der Waals surface area contributed by atoms with Crippen LogP contribution in [0.5, 0.6) is 0 Å². The molecule has 0 fully saturated rings. The van der Waals surface area contributed by atoms with Crippen molar-refractivity contribution in [3.05, 3.63) is 148 Å². The fourth-order valence-corrected chi connectivity index (χ4v) is 4.39. The molecule has 0 radical (unpaired) electrons. The minimum Gasteiger partial charge on any atom is -0.463 e. The maximum absolute atomic E-state index is 10.8. The summed E-state index contributed by atoms with van der Waals surface area (Å²) in [6.45, 7) is 55.7. The SMILES string of the molecule is C=C(C)C(=O)OCCCCC.C=C/C=C/C.C=C/C=C/CCC.C=CC.C=CC(=O)OCCCCC.C=CCCC.C=CCCOC.CC(C)C(C)C.CCCC.CCCCCC1Cc2ccccc21. The maximum Gasteiger partial charge on any atom is 0.333 e. The fourth-order valence-electron chi connectivity index (χ4n) is 4.39. The molecule has 5 nitrogen and oxygen atoms in total. The molecule has 2 rings (SSSR count). The van der Waals surface area contributed by atoms with Crippen molar-refractivity contribution in [3.8, 4) is 0 Å². The number of carbonyl (C=O) groups is 2. The van der Waals surface area contributed by atoms with Gasteiger partial charge in [0.1, 0.15) is 0 Å². The van der Waals surface area contributed by atoms with Gasteiger partial charge in [-0.3, -0.25) is 0 Å². The van der Waals surface area contributed by atoms with E-state index >= 15 is 0 Å². The van der Waals surface area contributed by atoms with Crippen molar-refractivity contribution in [2.75, 3.05) is 26.9 Å². The van der Waals surface area contributed by atoms with Gasteiger partial charge >= 0.3 is 11.9 Å². The van der Waals surface area contributed by atoms with Crippen molar-refractivity contribution in [2.24, 2.45) is 11.8 Å². The zero-order chi connectivity index (χ0) is 55.5. The molecule has 0 heterocycles. The number of fused-ring (bicyclic) bond motifs is 1. The fraction of sp³-hybridized carbons (Fsp3) is 0.600. The number of carbonyl (C=O) groups excluding carboxylic acids is 2. The quantitative estimate of drug-likeness (QED) is 0.0321. The zero-order valence-electron chi connectivity index (χ0n) is 49.2. The summed E-state index contributed by atoms with van der Waals surface area (Å²) in [4.78, 5) is 21.2. The zero-order valence-corrected chi connectivity index (χ0v) is 49.2. The number of methoxy groups -OCH3 is 1. The second-order valence-electron chi connectivity index (χ2n) is 17.1. The Morgan fingerprint density at radius 1 is 0.629 bits per heavy atom. The van der Waals surface area contributed by atoms with E-state index in [1.54, 1.807) is 43.4 Å². The molecule has 1 unspecified atom stereocenters. The highest BCUT2D eigenvalue weighted by atomic mass is 16.5. The van der Waals surface area contributed by atoms with Crippen molar-refractivity contribution < 1.29 is 23.8 Å². The Balaban J connectivity index is -0.000000105. The standard InChI is InChI=1S/C13H18.C9H16O2.C8H14O2.C7H12.C6H14.C5H10O.C5H10.C5H8.C4H10.C3H6/c1-2-3-4-7-11-10-12-8-5-6-9-13(11)12;1-4-5-6-7-11-9(10)8(2)3;1-3-5-6-7-10-8(9)4-2;1-3-5-7-6-4-2;1-5(2)6(3)4;1-3-4-5-6-2;2*1-3-5-4-2;1-3-4-2;1-3-2/h5-6,8-9,11H,2-4,7,10H2,1H3;2,4-7H2,1,3H3;4H,2-3,5-7H2,1H3;3,5,7H,1,4,6H2,2H3;5-6H,1-4H3;3H,1,4-5H2,2H3;3H,1,4-5H2,2H3;3-5H,1H2,2H3;3-4H2,1-2H3;3H,1H2,2H3/b;;;7-5+;;;;5-4+;;. The van der Waals surface area contributed by atoms with Crippen molar-refractivity contribution in [2.45, 2.75) is 218 Å². The van der Waals surface area contributed by atoms with Gasteiger partial charge in [0.25, 0.3) is 0 Å². The van der Waals surface area contributed by atoms with Crippen molar-refractivity contribution >= 4 is 11.9 Å². The Labute approximate surface area is 438 Å². The summed E-state index contributed by atoms with van der Waals surface area (Å²) in [6, 6.07) is 8.90. The van der Waals surface area contributed by atoms with Gasteiger partial charge in [-0.2, -0.15) is 0 Å². The third-order valence-electron chi connectivity index (χ3n) is 9.51. The van der Waals surface area contributed by atoms with Gasteiger partial charge < -0.3 is 14.2 Å². The van der Waals surface area contributed by atoms with Gasteiger partial charge in [0.15, 0.2) is 0 Å². The highest BCUT2D eigenvalue weighted by Crippen LogP contribution is 2.38. The van der Waals surface area contributed by atoms with E-state index in [1.807, 2.05) is 44.2 Å². The third kappa shape index (κ3) is 86.9. The number of esters is 2. The lowest BCUT2D eigenvalue weighted by Crippen LogP contribution is -2.16. The van der Waals surface area contributed by atoms with E-state index in [9.17, 15) is 9.59 Å². The summed E-state index contributed by atoms with van der Waals surface area (Å²) in [5, 5.41) is 0. The van der Waals surface area contributed by atoms with Crippen LogP contribution in [-0.2, 0) is 30.2 Å². The van der Waals surface area contributed by atoms with Gasteiger partial charge in [-0.05, 0) is 94.6 Å². The van der Waals surface area contributed by atoms with Gasteiger partial charge in [0, 0.05) is 25.4 Å². The van der Waals surface area contributed by atoms with Gasteiger partial charge in [-0.25, -0.2) is 9.59 Å². The van der Waals surface area contributed by atoms with Gasteiger partial charge in [0.05, 0.1) is 13.2 Å². The number of ether oxygens (including phenoxy) is 3. The van der Waals surface area contributed by atoms with Crippen LogP contribution in [0.25, 0.3) is 0 Å². The molecule has 0 aliphatic heterocycles. The third-order valence-corrected chi connectivity index (χ3v) is 9.51. The predicted octanol–water partition coefficient (Wildman–Crippen LogP) is 20.9. The molecule has 408 valence electrons. The summed E-state index contributed by atoms with van der Waals surface area (Å²) < 4.78 is 14.3. The highest BCUT2D eigenvalue weighted by molar-refractivity contribution is 5.86. The predicted molar refractivity (Wildman–Crippen MR) is 320 cm³/mol. The lowest BCUT2D eigenvalue weighted by molar-refractivity contribution is -0.139. The average molecular weight is 980 g/mol. The lowest BCUT2D eigenvalue weighted by atomic mass is 9.75. The maximum atomic E-state index is 10.8.